The van der Waals surface area contributed by atoms with Crippen molar-refractivity contribution in [1.29, 1.82) is 0 Å². The normalized spacial score (nSPS) is 14.9. The predicted molar refractivity (Wildman–Crippen MR) is 128 cm³/mol. The van der Waals surface area contributed by atoms with Crippen molar-refractivity contribution in [1.82, 2.24) is 29.6 Å². The molecule has 10 nitrogen and oxygen atoms in total. The molecular formula is C24H24N6O4S. The first-order chi connectivity index (χ1) is 16.8. The lowest BCUT2D eigenvalue weighted by Crippen LogP contribution is -2.41. The van der Waals surface area contributed by atoms with Crippen LogP contribution in [0.25, 0.3) is 16.7 Å². The SMILES string of the molecule is Cc1cncc(C(=O)N2CCC(Oc3ncnc4c3cnn4-c3ccc(S(C)(=O)=O)cc3)CC2)c1. The van der Waals surface area contributed by atoms with Gasteiger partial charge in [-0.15, -0.1) is 0 Å². The second-order valence-electron chi connectivity index (χ2n) is 8.60. The van der Waals surface area contributed by atoms with E-state index in [1.807, 2.05) is 17.9 Å². The zero-order valence-electron chi connectivity index (χ0n) is 19.3. The molecule has 1 amide bonds. The molecule has 0 atom stereocenters. The molecule has 1 aromatic carbocycles. The molecular weight excluding hydrogens is 468 g/mol. The zero-order chi connectivity index (χ0) is 24.6. The van der Waals surface area contributed by atoms with E-state index in [1.54, 1.807) is 47.5 Å². The minimum absolute atomic E-state index is 0.0211. The molecule has 3 aromatic heterocycles. The molecule has 5 rings (SSSR count). The Labute approximate surface area is 202 Å². The molecule has 1 aliphatic heterocycles. The third-order valence-electron chi connectivity index (χ3n) is 5.97. The van der Waals surface area contributed by atoms with Gasteiger partial charge in [-0.25, -0.2) is 23.1 Å². The molecule has 0 aliphatic carbocycles. The van der Waals surface area contributed by atoms with Crippen molar-refractivity contribution in [3.63, 3.8) is 0 Å². The third-order valence-corrected chi connectivity index (χ3v) is 7.10. The van der Waals surface area contributed by atoms with Crippen molar-refractivity contribution in [3.8, 4) is 11.6 Å². The molecule has 4 heterocycles. The van der Waals surface area contributed by atoms with Gasteiger partial charge in [0.15, 0.2) is 15.5 Å². The average Bonchev–Trinajstić information content (AvgIpc) is 3.29. The van der Waals surface area contributed by atoms with Crippen LogP contribution in [0.4, 0.5) is 0 Å². The fourth-order valence-corrected chi connectivity index (χ4v) is 4.76. The Morgan fingerprint density at radius 1 is 1.06 bits per heavy atom. The highest BCUT2D eigenvalue weighted by Gasteiger charge is 2.26. The summed E-state index contributed by atoms with van der Waals surface area (Å²) >= 11 is 0. The van der Waals surface area contributed by atoms with Crippen molar-refractivity contribution >= 4 is 26.8 Å². The molecule has 1 aliphatic rings. The minimum atomic E-state index is -3.28. The van der Waals surface area contributed by atoms with Gasteiger partial charge in [-0.05, 0) is 42.8 Å². The number of ether oxygens (including phenoxy) is 1. The largest absolute Gasteiger partial charge is 0.474 e. The number of piperidine rings is 1. The minimum Gasteiger partial charge on any atom is -0.474 e. The topological polar surface area (TPSA) is 120 Å². The van der Waals surface area contributed by atoms with Gasteiger partial charge in [-0.3, -0.25) is 9.78 Å². The molecule has 0 radical (unpaired) electrons. The van der Waals surface area contributed by atoms with Gasteiger partial charge in [0.05, 0.1) is 22.3 Å². The summed E-state index contributed by atoms with van der Waals surface area (Å²) in [6.45, 7) is 3.08. The Kier molecular flexibility index (Phi) is 5.93. The van der Waals surface area contributed by atoms with Gasteiger partial charge in [-0.1, -0.05) is 0 Å². The van der Waals surface area contributed by atoms with Crippen LogP contribution in [0.1, 0.15) is 28.8 Å². The van der Waals surface area contributed by atoms with Crippen molar-refractivity contribution in [2.45, 2.75) is 30.8 Å². The van der Waals surface area contributed by atoms with Crippen LogP contribution in [-0.2, 0) is 9.84 Å². The van der Waals surface area contributed by atoms with Gasteiger partial charge in [0, 0.05) is 44.6 Å². The van der Waals surface area contributed by atoms with Crippen LogP contribution in [-0.4, -0.2) is 69.4 Å². The molecule has 1 saturated heterocycles. The fraction of sp³-hybridized carbons (Fsp3) is 0.292. The van der Waals surface area contributed by atoms with Gasteiger partial charge < -0.3 is 9.64 Å². The highest BCUT2D eigenvalue weighted by atomic mass is 32.2. The second kappa shape index (κ2) is 9.06. The standard InChI is InChI=1S/C24H24N6O4S/c1-16-11-17(13-25-12-16)24(31)29-9-7-19(8-10-29)34-23-21-14-28-30(22(21)26-15-27-23)18-3-5-20(6-4-18)35(2,32)33/h3-6,11-15,19H,7-10H2,1-2H3. The first-order valence-corrected chi connectivity index (χ1v) is 13.1. The van der Waals surface area contributed by atoms with E-state index in [0.29, 0.717) is 54.1 Å². The van der Waals surface area contributed by atoms with Crippen LogP contribution in [0.5, 0.6) is 5.88 Å². The summed E-state index contributed by atoms with van der Waals surface area (Å²) in [5.41, 5.74) is 2.78. The van der Waals surface area contributed by atoms with E-state index in [9.17, 15) is 13.2 Å². The number of hydrogen-bond acceptors (Lipinski definition) is 8. The second-order valence-corrected chi connectivity index (χ2v) is 10.6. The number of amides is 1. The molecule has 0 N–H and O–H groups in total. The smallest absolute Gasteiger partial charge is 0.255 e. The Morgan fingerprint density at radius 3 is 2.49 bits per heavy atom. The average molecular weight is 493 g/mol. The number of aryl methyl sites for hydroxylation is 1. The number of carbonyl (C=O) groups is 1. The van der Waals surface area contributed by atoms with Gasteiger partial charge in [0.25, 0.3) is 5.91 Å². The summed E-state index contributed by atoms with van der Waals surface area (Å²) in [7, 11) is -3.28. The first-order valence-electron chi connectivity index (χ1n) is 11.2. The number of fused-ring (bicyclic) bond motifs is 1. The van der Waals surface area contributed by atoms with E-state index >= 15 is 0 Å². The number of benzene rings is 1. The van der Waals surface area contributed by atoms with E-state index in [4.69, 9.17) is 4.74 Å². The number of sulfone groups is 1. The lowest BCUT2D eigenvalue weighted by molar-refractivity contribution is 0.0590. The zero-order valence-corrected chi connectivity index (χ0v) is 20.1. The summed E-state index contributed by atoms with van der Waals surface area (Å²) in [6, 6.07) is 8.29. The van der Waals surface area contributed by atoms with E-state index in [-0.39, 0.29) is 16.9 Å². The van der Waals surface area contributed by atoms with Crippen LogP contribution in [0, 0.1) is 6.92 Å². The van der Waals surface area contributed by atoms with Crippen LogP contribution >= 0.6 is 0 Å². The molecule has 11 heteroatoms. The monoisotopic (exact) mass is 492 g/mol. The highest BCUT2D eigenvalue weighted by Crippen LogP contribution is 2.27. The maximum absolute atomic E-state index is 12.8. The maximum atomic E-state index is 12.8. The Balaban J connectivity index is 1.29. The number of likely N-dealkylation sites (tertiary alicyclic amines) is 1. The lowest BCUT2D eigenvalue weighted by Gasteiger charge is -2.32. The van der Waals surface area contributed by atoms with Crippen molar-refractivity contribution in [2.75, 3.05) is 19.3 Å². The highest BCUT2D eigenvalue weighted by molar-refractivity contribution is 7.90. The molecule has 0 spiro atoms. The number of pyridine rings is 1. The summed E-state index contributed by atoms with van der Waals surface area (Å²) in [4.78, 5) is 27.6. The summed E-state index contributed by atoms with van der Waals surface area (Å²) < 4.78 is 31.3. The van der Waals surface area contributed by atoms with Gasteiger partial charge in [-0.2, -0.15) is 5.10 Å². The molecule has 0 bridgehead atoms. The van der Waals surface area contributed by atoms with Crippen molar-refractivity contribution < 1.29 is 17.9 Å². The number of carbonyl (C=O) groups excluding carboxylic acids is 1. The van der Waals surface area contributed by atoms with Crippen molar-refractivity contribution in [2.24, 2.45) is 0 Å². The van der Waals surface area contributed by atoms with Crippen molar-refractivity contribution in [3.05, 3.63) is 66.4 Å². The number of nitrogens with zero attached hydrogens (tertiary/aromatic N) is 6. The van der Waals surface area contributed by atoms with Gasteiger partial charge in [0.1, 0.15) is 17.8 Å². The molecule has 1 fully saturated rings. The van der Waals surface area contributed by atoms with Crippen LogP contribution in [0.15, 0.2) is 60.1 Å². The summed E-state index contributed by atoms with van der Waals surface area (Å²) in [5.74, 6) is 0.411. The quantitative estimate of drug-likeness (QED) is 0.417. The maximum Gasteiger partial charge on any atom is 0.255 e. The Bertz CT molecular complexity index is 1490. The fourth-order valence-electron chi connectivity index (χ4n) is 4.13. The molecule has 0 saturated carbocycles. The molecule has 180 valence electrons. The first kappa shape index (κ1) is 22.9. The van der Waals surface area contributed by atoms with Gasteiger partial charge in [0.2, 0.25) is 5.88 Å². The number of hydrogen-bond donors (Lipinski definition) is 0. The number of rotatable bonds is 5. The summed E-state index contributed by atoms with van der Waals surface area (Å²) in [5, 5.41) is 5.07. The molecule has 4 aromatic rings. The molecule has 35 heavy (non-hydrogen) atoms. The Hall–Kier alpha value is -3.86. The van der Waals surface area contributed by atoms with Gasteiger partial charge >= 0.3 is 0 Å². The number of aromatic nitrogens is 5. The van der Waals surface area contributed by atoms with Crippen LogP contribution in [0.3, 0.4) is 0 Å². The van der Waals surface area contributed by atoms with E-state index in [2.05, 4.69) is 20.1 Å². The Morgan fingerprint density at radius 2 is 1.80 bits per heavy atom. The molecule has 0 unspecified atom stereocenters. The van der Waals surface area contributed by atoms with E-state index in [0.717, 1.165) is 5.56 Å². The van der Waals surface area contributed by atoms with E-state index < -0.39 is 9.84 Å². The van der Waals surface area contributed by atoms with Crippen LogP contribution in [0.2, 0.25) is 0 Å². The van der Waals surface area contributed by atoms with E-state index in [1.165, 1.54) is 12.6 Å². The predicted octanol–water partition coefficient (Wildman–Crippen LogP) is 2.61. The summed E-state index contributed by atoms with van der Waals surface area (Å²) in [6.07, 6.45) is 8.82. The van der Waals surface area contributed by atoms with Crippen LogP contribution < -0.4 is 4.74 Å². The lowest BCUT2D eigenvalue weighted by atomic mass is 10.1. The third kappa shape index (κ3) is 4.72.